The van der Waals surface area contributed by atoms with E-state index < -0.39 is 17.3 Å². The largest absolute Gasteiger partial charge is 0.504 e. The van der Waals surface area contributed by atoms with Gasteiger partial charge in [-0.15, -0.1) is 0 Å². The van der Waals surface area contributed by atoms with Crippen molar-refractivity contribution in [1.82, 2.24) is 5.32 Å². The minimum absolute atomic E-state index is 0.0367. The van der Waals surface area contributed by atoms with Crippen molar-refractivity contribution in [2.75, 3.05) is 13.1 Å². The Hall–Kier alpha value is -0.810. The summed E-state index contributed by atoms with van der Waals surface area (Å²) >= 11 is 3.23. The summed E-state index contributed by atoms with van der Waals surface area (Å²) in [5.41, 5.74) is 0.447. The Bertz CT molecular complexity index is 405. The molecule has 0 aliphatic carbocycles. The van der Waals surface area contributed by atoms with Crippen molar-refractivity contribution in [2.45, 2.75) is 18.8 Å². The summed E-state index contributed by atoms with van der Waals surface area (Å²) in [6.07, 6.45) is 1.87. The minimum atomic E-state index is -0.722. The first-order chi connectivity index (χ1) is 7.61. The molecule has 0 spiro atoms. The van der Waals surface area contributed by atoms with E-state index in [2.05, 4.69) is 21.2 Å². The molecule has 1 saturated heterocycles. The van der Waals surface area contributed by atoms with E-state index in [0.29, 0.717) is 16.6 Å². The molecule has 1 unspecified atom stereocenters. The van der Waals surface area contributed by atoms with E-state index in [1.54, 1.807) is 0 Å². The van der Waals surface area contributed by atoms with Crippen molar-refractivity contribution in [3.63, 3.8) is 0 Å². The van der Waals surface area contributed by atoms with E-state index in [1.165, 1.54) is 6.07 Å². The van der Waals surface area contributed by atoms with Gasteiger partial charge < -0.3 is 15.5 Å². The van der Waals surface area contributed by atoms with Crippen LogP contribution in [0.1, 0.15) is 24.3 Å². The standard InChI is InChI=1S/C11H13BrFNO2/c12-7-4-8(15)11(16)10(13)9(7)6-2-1-3-14-5-6/h4,6,14-16H,1-3,5H2. The fourth-order valence-electron chi connectivity index (χ4n) is 2.08. The smallest absolute Gasteiger partial charge is 0.194 e. The van der Waals surface area contributed by atoms with Crippen molar-refractivity contribution < 1.29 is 14.6 Å². The fraction of sp³-hybridized carbons (Fsp3) is 0.455. The first-order valence-electron chi connectivity index (χ1n) is 5.21. The Balaban J connectivity index is 2.42. The van der Waals surface area contributed by atoms with Crippen LogP contribution in [-0.2, 0) is 0 Å². The Labute approximate surface area is 101 Å². The molecule has 1 aromatic rings. The Kier molecular flexibility index (Phi) is 3.35. The van der Waals surface area contributed by atoms with Crippen LogP contribution < -0.4 is 5.32 Å². The van der Waals surface area contributed by atoms with Crippen molar-refractivity contribution in [2.24, 2.45) is 0 Å². The van der Waals surface area contributed by atoms with Crippen molar-refractivity contribution in [1.29, 1.82) is 0 Å². The molecule has 0 saturated carbocycles. The average molecular weight is 290 g/mol. The molecule has 1 fully saturated rings. The van der Waals surface area contributed by atoms with E-state index in [-0.39, 0.29) is 5.92 Å². The third-order valence-electron chi connectivity index (χ3n) is 2.91. The van der Waals surface area contributed by atoms with Gasteiger partial charge in [-0.05, 0) is 25.5 Å². The highest BCUT2D eigenvalue weighted by atomic mass is 79.9. The van der Waals surface area contributed by atoms with Crippen LogP contribution in [0.15, 0.2) is 10.5 Å². The molecule has 88 valence electrons. The van der Waals surface area contributed by atoms with Crippen molar-refractivity contribution >= 4 is 15.9 Å². The zero-order valence-corrected chi connectivity index (χ0v) is 10.2. The molecular formula is C11H13BrFNO2. The lowest BCUT2D eigenvalue weighted by Crippen LogP contribution is -2.29. The van der Waals surface area contributed by atoms with Crippen LogP contribution in [-0.4, -0.2) is 23.3 Å². The van der Waals surface area contributed by atoms with E-state index in [0.717, 1.165) is 19.4 Å². The second kappa shape index (κ2) is 4.59. The molecule has 0 amide bonds. The molecule has 16 heavy (non-hydrogen) atoms. The number of phenols is 2. The number of aromatic hydroxyl groups is 2. The minimum Gasteiger partial charge on any atom is -0.504 e. The molecule has 5 heteroatoms. The molecule has 1 heterocycles. The summed E-state index contributed by atoms with van der Waals surface area (Å²) in [6.45, 7) is 1.64. The van der Waals surface area contributed by atoms with Crippen molar-refractivity contribution in [3.05, 3.63) is 21.9 Å². The quantitative estimate of drug-likeness (QED) is 0.696. The molecule has 3 N–H and O–H groups in total. The monoisotopic (exact) mass is 289 g/mol. The van der Waals surface area contributed by atoms with Crippen LogP contribution in [0.25, 0.3) is 0 Å². The Morgan fingerprint density at radius 1 is 1.44 bits per heavy atom. The number of halogens is 2. The zero-order chi connectivity index (χ0) is 11.7. The molecule has 0 aromatic heterocycles. The zero-order valence-electron chi connectivity index (χ0n) is 8.63. The van der Waals surface area contributed by atoms with E-state index in [9.17, 15) is 14.6 Å². The molecule has 1 atom stereocenters. The molecule has 2 rings (SSSR count). The number of benzene rings is 1. The summed E-state index contributed by atoms with van der Waals surface area (Å²) in [5, 5.41) is 21.8. The molecular weight excluding hydrogens is 277 g/mol. The Morgan fingerprint density at radius 3 is 2.81 bits per heavy atom. The molecule has 1 aromatic carbocycles. The van der Waals surface area contributed by atoms with Gasteiger partial charge in [-0.25, -0.2) is 4.39 Å². The average Bonchev–Trinajstić information content (AvgIpc) is 2.28. The van der Waals surface area contributed by atoms with Gasteiger partial charge in [0.25, 0.3) is 0 Å². The van der Waals surface area contributed by atoms with Gasteiger partial charge in [0.15, 0.2) is 17.3 Å². The van der Waals surface area contributed by atoms with Gasteiger partial charge in [0, 0.05) is 22.5 Å². The van der Waals surface area contributed by atoms with Gasteiger partial charge >= 0.3 is 0 Å². The van der Waals surface area contributed by atoms with Crippen LogP contribution in [0, 0.1) is 5.82 Å². The number of phenolic OH excluding ortho intramolecular Hbond substituents is 2. The molecule has 0 radical (unpaired) electrons. The third-order valence-corrected chi connectivity index (χ3v) is 3.57. The van der Waals surface area contributed by atoms with Gasteiger partial charge in [0.1, 0.15) is 0 Å². The molecule has 1 aliphatic rings. The summed E-state index contributed by atoms with van der Waals surface area (Å²) in [7, 11) is 0. The molecule has 1 aliphatic heterocycles. The lowest BCUT2D eigenvalue weighted by atomic mass is 9.91. The number of hydrogen-bond acceptors (Lipinski definition) is 3. The van der Waals surface area contributed by atoms with Crippen LogP contribution >= 0.6 is 15.9 Å². The number of piperidine rings is 1. The Morgan fingerprint density at radius 2 is 2.19 bits per heavy atom. The van der Waals surface area contributed by atoms with Gasteiger partial charge in [0.2, 0.25) is 0 Å². The maximum absolute atomic E-state index is 13.8. The number of rotatable bonds is 1. The number of hydrogen-bond donors (Lipinski definition) is 3. The first kappa shape index (κ1) is 11.7. The maximum Gasteiger partial charge on any atom is 0.194 e. The first-order valence-corrected chi connectivity index (χ1v) is 6.01. The maximum atomic E-state index is 13.8. The topological polar surface area (TPSA) is 52.5 Å². The molecule has 0 bridgehead atoms. The number of nitrogens with one attached hydrogen (secondary N) is 1. The molecule has 3 nitrogen and oxygen atoms in total. The highest BCUT2D eigenvalue weighted by Gasteiger charge is 2.24. The second-order valence-electron chi connectivity index (χ2n) is 4.00. The summed E-state index contributed by atoms with van der Waals surface area (Å²) < 4.78 is 14.3. The summed E-state index contributed by atoms with van der Waals surface area (Å²) in [6, 6.07) is 1.34. The summed E-state index contributed by atoms with van der Waals surface area (Å²) in [5.74, 6) is -1.78. The fourth-order valence-corrected chi connectivity index (χ4v) is 2.80. The van der Waals surface area contributed by atoms with Gasteiger partial charge in [0.05, 0.1) is 0 Å². The van der Waals surface area contributed by atoms with Gasteiger partial charge in [-0.3, -0.25) is 0 Å². The second-order valence-corrected chi connectivity index (χ2v) is 4.85. The summed E-state index contributed by atoms with van der Waals surface area (Å²) in [4.78, 5) is 0. The van der Waals surface area contributed by atoms with Crippen LogP contribution in [0.5, 0.6) is 11.5 Å². The van der Waals surface area contributed by atoms with Crippen LogP contribution in [0.4, 0.5) is 4.39 Å². The SMILES string of the molecule is Oc1cc(Br)c(C2CCCNC2)c(F)c1O. The van der Waals surface area contributed by atoms with Gasteiger partial charge in [-0.2, -0.15) is 0 Å². The van der Waals surface area contributed by atoms with Crippen molar-refractivity contribution in [3.8, 4) is 11.5 Å². The predicted molar refractivity (Wildman–Crippen MR) is 62.3 cm³/mol. The lowest BCUT2D eigenvalue weighted by molar-refractivity contribution is 0.368. The lowest BCUT2D eigenvalue weighted by Gasteiger charge is -2.24. The highest BCUT2D eigenvalue weighted by molar-refractivity contribution is 9.10. The van der Waals surface area contributed by atoms with E-state index in [1.807, 2.05) is 0 Å². The van der Waals surface area contributed by atoms with E-state index in [4.69, 9.17) is 0 Å². The highest BCUT2D eigenvalue weighted by Crippen LogP contribution is 2.40. The normalized spacial score (nSPS) is 21.0. The third kappa shape index (κ3) is 2.01. The van der Waals surface area contributed by atoms with E-state index >= 15 is 0 Å². The van der Waals surface area contributed by atoms with Crippen LogP contribution in [0.2, 0.25) is 0 Å². The van der Waals surface area contributed by atoms with Crippen LogP contribution in [0.3, 0.4) is 0 Å². The predicted octanol–water partition coefficient (Wildman–Crippen LogP) is 2.47. The van der Waals surface area contributed by atoms with Gasteiger partial charge in [-0.1, -0.05) is 15.9 Å².